The summed E-state index contributed by atoms with van der Waals surface area (Å²) >= 11 is 0. The van der Waals surface area contributed by atoms with Gasteiger partial charge in [0.1, 0.15) is 0 Å². The molecular weight excluding hydrogens is 388 g/mol. The summed E-state index contributed by atoms with van der Waals surface area (Å²) in [5.74, 6) is -0.840. The smallest absolute Gasteiger partial charge is 0.262 e. The minimum absolute atomic E-state index is 0.0319. The number of benzene rings is 2. The molecule has 1 amide bonds. The Kier molecular flexibility index (Phi) is 4.77. The molecule has 1 aliphatic heterocycles. The van der Waals surface area contributed by atoms with E-state index in [4.69, 9.17) is 0 Å². The Morgan fingerprint density at radius 1 is 1.00 bits per heavy atom. The van der Waals surface area contributed by atoms with Crippen molar-refractivity contribution >= 4 is 37.3 Å². The van der Waals surface area contributed by atoms with Crippen LogP contribution in [0, 0.1) is 20.8 Å². The predicted molar refractivity (Wildman–Crippen MR) is 104 cm³/mol. The summed E-state index contributed by atoms with van der Waals surface area (Å²) < 4.78 is 53.4. The van der Waals surface area contributed by atoms with Crippen LogP contribution < -0.4 is 9.03 Å². The number of carbonyl (C=O) groups is 1. The van der Waals surface area contributed by atoms with E-state index in [1.54, 1.807) is 19.9 Å². The molecule has 0 unspecified atom stereocenters. The Balaban J connectivity index is 2.06. The number of nitrogens with zero attached hydrogens (tertiary/aromatic N) is 1. The van der Waals surface area contributed by atoms with Gasteiger partial charge in [0.15, 0.2) is 0 Å². The van der Waals surface area contributed by atoms with Gasteiger partial charge >= 0.3 is 0 Å². The predicted octanol–water partition coefficient (Wildman–Crippen LogP) is 2.48. The van der Waals surface area contributed by atoms with Crippen LogP contribution in [0.25, 0.3) is 0 Å². The number of sulfonamides is 2. The second-order valence-electron chi connectivity index (χ2n) is 6.60. The molecule has 2 aromatic carbocycles. The van der Waals surface area contributed by atoms with Crippen molar-refractivity contribution in [3.05, 3.63) is 53.1 Å². The molecule has 1 heterocycles. The number of carbonyl (C=O) groups excluding carboxylic acids is 1. The van der Waals surface area contributed by atoms with Crippen LogP contribution in [0.15, 0.2) is 41.3 Å². The molecule has 27 heavy (non-hydrogen) atoms. The Labute approximate surface area is 159 Å². The summed E-state index contributed by atoms with van der Waals surface area (Å²) in [6.07, 6.45) is -0.112. The number of hydrogen-bond donors (Lipinski definition) is 1. The van der Waals surface area contributed by atoms with E-state index in [1.807, 2.05) is 19.1 Å². The van der Waals surface area contributed by atoms with Gasteiger partial charge in [-0.05, 0) is 55.7 Å². The highest BCUT2D eigenvalue weighted by Gasteiger charge is 2.37. The van der Waals surface area contributed by atoms with Crippen molar-refractivity contribution in [3.8, 4) is 0 Å². The highest BCUT2D eigenvalue weighted by atomic mass is 32.2. The van der Waals surface area contributed by atoms with Crippen LogP contribution in [0.5, 0.6) is 0 Å². The first-order valence-corrected chi connectivity index (χ1v) is 11.4. The van der Waals surface area contributed by atoms with Gasteiger partial charge in [0, 0.05) is 6.42 Å². The first-order chi connectivity index (χ1) is 12.5. The largest absolute Gasteiger partial charge is 0.279 e. The van der Waals surface area contributed by atoms with E-state index in [1.165, 1.54) is 18.2 Å². The summed E-state index contributed by atoms with van der Waals surface area (Å²) in [5, 5.41) is 0. The van der Waals surface area contributed by atoms with Crippen LogP contribution in [-0.4, -0.2) is 28.5 Å². The molecule has 2 aromatic rings. The first kappa shape index (κ1) is 19.4. The van der Waals surface area contributed by atoms with Gasteiger partial charge in [0.25, 0.3) is 10.0 Å². The Hall–Kier alpha value is -2.39. The average molecular weight is 409 g/mol. The maximum atomic E-state index is 12.9. The molecule has 0 spiro atoms. The molecule has 144 valence electrons. The molecule has 0 aliphatic carbocycles. The van der Waals surface area contributed by atoms with Crippen LogP contribution >= 0.6 is 0 Å². The Morgan fingerprint density at radius 2 is 1.67 bits per heavy atom. The summed E-state index contributed by atoms with van der Waals surface area (Å²) in [6, 6.07) is 9.57. The lowest BCUT2D eigenvalue weighted by Gasteiger charge is -2.18. The van der Waals surface area contributed by atoms with Crippen LogP contribution in [0.4, 0.5) is 11.4 Å². The van der Waals surface area contributed by atoms with Crippen LogP contribution in [0.2, 0.25) is 0 Å². The molecule has 1 saturated heterocycles. The second-order valence-corrected chi connectivity index (χ2v) is 10.2. The first-order valence-electron chi connectivity index (χ1n) is 8.28. The van der Waals surface area contributed by atoms with Crippen molar-refractivity contribution in [1.29, 1.82) is 0 Å². The molecular formula is C18H20N2O5S2. The molecule has 1 N–H and O–H groups in total. The molecule has 0 bridgehead atoms. The second kappa shape index (κ2) is 6.65. The number of anilines is 2. The molecule has 3 rings (SSSR count). The number of hydrogen-bond acceptors (Lipinski definition) is 5. The quantitative estimate of drug-likeness (QED) is 0.838. The van der Waals surface area contributed by atoms with Crippen LogP contribution in [0.3, 0.4) is 0 Å². The zero-order valence-electron chi connectivity index (χ0n) is 15.2. The number of rotatable bonds is 4. The van der Waals surface area contributed by atoms with E-state index in [0.717, 1.165) is 11.1 Å². The van der Waals surface area contributed by atoms with Gasteiger partial charge in [0.05, 0.1) is 22.0 Å². The summed E-state index contributed by atoms with van der Waals surface area (Å²) in [6.45, 7) is 5.25. The SMILES string of the molecule is Cc1ccc(C)c(NS(=O)(=O)c2cc(N3C(=O)CCS3(=O)=O)ccc2C)c1. The van der Waals surface area contributed by atoms with E-state index < -0.39 is 26.0 Å². The standard InChI is InChI=1S/C18H20N2O5S2/c1-12-4-5-13(2)16(10-12)19-27(24,25)17-11-15(7-6-14(17)3)20-18(21)8-9-26(20,22)23/h4-7,10-11,19H,8-9H2,1-3H3. The van der Waals surface area contributed by atoms with Crippen molar-refractivity contribution in [2.24, 2.45) is 0 Å². The maximum Gasteiger partial charge on any atom is 0.262 e. The Bertz CT molecular complexity index is 1140. The highest BCUT2D eigenvalue weighted by Crippen LogP contribution is 2.30. The van der Waals surface area contributed by atoms with Crippen LogP contribution in [-0.2, 0) is 24.8 Å². The summed E-state index contributed by atoms with van der Waals surface area (Å²) in [4.78, 5) is 11.9. The molecule has 0 atom stereocenters. The van der Waals surface area contributed by atoms with Crippen molar-refractivity contribution in [2.45, 2.75) is 32.1 Å². The molecule has 0 aromatic heterocycles. The zero-order chi connectivity index (χ0) is 20.0. The molecule has 0 radical (unpaired) electrons. The van der Waals surface area contributed by atoms with Crippen molar-refractivity contribution in [2.75, 3.05) is 14.8 Å². The van der Waals surface area contributed by atoms with Crippen LogP contribution in [0.1, 0.15) is 23.1 Å². The fourth-order valence-corrected chi connectivity index (χ4v) is 5.76. The third-order valence-electron chi connectivity index (χ3n) is 4.41. The van der Waals surface area contributed by atoms with Gasteiger partial charge in [-0.15, -0.1) is 0 Å². The van der Waals surface area contributed by atoms with E-state index in [2.05, 4.69) is 4.72 Å². The highest BCUT2D eigenvalue weighted by molar-refractivity contribution is 7.94. The van der Waals surface area contributed by atoms with Gasteiger partial charge in [-0.1, -0.05) is 18.2 Å². The van der Waals surface area contributed by atoms with E-state index >= 15 is 0 Å². The summed E-state index contributed by atoms with van der Waals surface area (Å²) in [5.41, 5.74) is 2.59. The topological polar surface area (TPSA) is 101 Å². The minimum Gasteiger partial charge on any atom is -0.279 e. The number of amides is 1. The minimum atomic E-state index is -3.97. The van der Waals surface area contributed by atoms with Gasteiger partial charge in [-0.2, -0.15) is 0 Å². The fraction of sp³-hybridized carbons (Fsp3) is 0.278. The maximum absolute atomic E-state index is 12.9. The third-order valence-corrected chi connectivity index (χ3v) is 7.61. The molecule has 1 fully saturated rings. The lowest BCUT2D eigenvalue weighted by atomic mass is 10.1. The van der Waals surface area contributed by atoms with E-state index in [9.17, 15) is 21.6 Å². The number of nitrogens with one attached hydrogen (secondary N) is 1. The van der Waals surface area contributed by atoms with Crippen molar-refractivity contribution < 1.29 is 21.6 Å². The molecule has 0 saturated carbocycles. The number of aryl methyl sites for hydroxylation is 3. The Morgan fingerprint density at radius 3 is 2.30 bits per heavy atom. The lowest BCUT2D eigenvalue weighted by molar-refractivity contribution is -0.116. The van der Waals surface area contributed by atoms with E-state index in [0.29, 0.717) is 15.6 Å². The van der Waals surface area contributed by atoms with Crippen molar-refractivity contribution in [3.63, 3.8) is 0 Å². The summed E-state index contributed by atoms with van der Waals surface area (Å²) in [7, 11) is -7.74. The molecule has 9 heteroatoms. The molecule has 7 nitrogen and oxygen atoms in total. The van der Waals surface area contributed by atoms with Gasteiger partial charge in [0.2, 0.25) is 15.9 Å². The monoisotopic (exact) mass is 408 g/mol. The van der Waals surface area contributed by atoms with E-state index in [-0.39, 0.29) is 22.8 Å². The third kappa shape index (κ3) is 3.70. The van der Waals surface area contributed by atoms with Crippen molar-refractivity contribution in [1.82, 2.24) is 0 Å². The fourth-order valence-electron chi connectivity index (χ4n) is 2.92. The zero-order valence-corrected chi connectivity index (χ0v) is 16.8. The average Bonchev–Trinajstić information content (AvgIpc) is 2.84. The normalized spacial score (nSPS) is 16.6. The van der Waals surface area contributed by atoms with Gasteiger partial charge in [-0.3, -0.25) is 9.52 Å². The van der Waals surface area contributed by atoms with Gasteiger partial charge in [-0.25, -0.2) is 21.1 Å². The van der Waals surface area contributed by atoms with Gasteiger partial charge < -0.3 is 0 Å². The molecule has 1 aliphatic rings. The lowest BCUT2D eigenvalue weighted by Crippen LogP contribution is -2.29.